The van der Waals surface area contributed by atoms with Crippen LogP contribution >= 0.6 is 0 Å². The van der Waals surface area contributed by atoms with Crippen LogP contribution < -0.4 is 4.90 Å². The highest BCUT2D eigenvalue weighted by molar-refractivity contribution is 5.79. The van der Waals surface area contributed by atoms with E-state index in [4.69, 9.17) is 9.84 Å². The van der Waals surface area contributed by atoms with E-state index in [-0.39, 0.29) is 0 Å². The lowest BCUT2D eigenvalue weighted by Gasteiger charge is -2.31. The Bertz CT molecular complexity index is 1060. The van der Waals surface area contributed by atoms with E-state index in [0.717, 1.165) is 59.8 Å². The largest absolute Gasteiger partial charge is 0.381 e. The second-order valence-corrected chi connectivity index (χ2v) is 6.59. The molecule has 5 rings (SSSR count). The van der Waals surface area contributed by atoms with Crippen molar-refractivity contribution < 1.29 is 4.74 Å². The van der Waals surface area contributed by atoms with Crippen LogP contribution in [-0.4, -0.2) is 56.1 Å². The molecule has 0 aromatic carbocycles. The lowest BCUT2D eigenvalue weighted by molar-refractivity contribution is 0.0853. The third-order valence-corrected chi connectivity index (χ3v) is 5.04. The van der Waals surface area contributed by atoms with E-state index in [1.807, 2.05) is 35.1 Å². The minimum Gasteiger partial charge on any atom is -0.381 e. The van der Waals surface area contributed by atoms with Crippen molar-refractivity contribution >= 4 is 22.5 Å². The highest BCUT2D eigenvalue weighted by atomic mass is 16.5. The van der Waals surface area contributed by atoms with E-state index < -0.39 is 0 Å². The highest BCUT2D eigenvalue weighted by Gasteiger charge is 2.20. The fourth-order valence-corrected chi connectivity index (χ4v) is 3.48. The predicted molar refractivity (Wildman–Crippen MR) is 98.1 cm³/mol. The third-order valence-electron chi connectivity index (χ3n) is 5.04. The van der Waals surface area contributed by atoms with Crippen molar-refractivity contribution in [1.82, 2.24) is 29.8 Å². The first kappa shape index (κ1) is 15.3. The van der Waals surface area contributed by atoms with Gasteiger partial charge in [-0.2, -0.15) is 5.10 Å². The summed E-state index contributed by atoms with van der Waals surface area (Å²) in [7, 11) is 2.10. The molecule has 1 saturated heterocycles. The van der Waals surface area contributed by atoms with Crippen molar-refractivity contribution in [2.45, 2.75) is 18.9 Å². The van der Waals surface area contributed by atoms with Gasteiger partial charge in [0.1, 0.15) is 5.82 Å². The van der Waals surface area contributed by atoms with Gasteiger partial charge in [0, 0.05) is 43.4 Å². The normalized spacial score (nSPS) is 15.7. The van der Waals surface area contributed by atoms with Crippen LogP contribution in [0.15, 0.2) is 36.8 Å². The Hall–Kier alpha value is -3.00. The number of nitrogens with zero attached hydrogens (tertiary/aromatic N) is 6. The number of anilines is 1. The maximum absolute atomic E-state index is 5.47. The molecule has 8 nitrogen and oxygen atoms in total. The average Bonchev–Trinajstić information content (AvgIpc) is 3.33. The van der Waals surface area contributed by atoms with Crippen molar-refractivity contribution in [2.24, 2.45) is 0 Å². The van der Waals surface area contributed by atoms with Gasteiger partial charge >= 0.3 is 0 Å². The summed E-state index contributed by atoms with van der Waals surface area (Å²) in [6.45, 7) is 1.62. The highest BCUT2D eigenvalue weighted by Crippen LogP contribution is 2.25. The van der Waals surface area contributed by atoms with Gasteiger partial charge in [-0.05, 0) is 31.0 Å². The maximum atomic E-state index is 5.47. The summed E-state index contributed by atoms with van der Waals surface area (Å²) in [5.74, 6) is 0.931. The van der Waals surface area contributed by atoms with Gasteiger partial charge in [0.25, 0.3) is 0 Å². The Morgan fingerprint density at radius 3 is 2.92 bits per heavy atom. The SMILES string of the molecule is CN(c1ccc2ncc(-c3cnc4[nH]ncc4c3)n2n1)C1CCOCC1. The van der Waals surface area contributed by atoms with Gasteiger partial charge in [-0.25, -0.2) is 14.5 Å². The van der Waals surface area contributed by atoms with E-state index >= 15 is 0 Å². The molecule has 1 fully saturated rings. The van der Waals surface area contributed by atoms with E-state index in [0.29, 0.717) is 6.04 Å². The molecule has 1 N–H and O–H groups in total. The quantitative estimate of drug-likeness (QED) is 0.611. The predicted octanol–water partition coefficient (Wildman–Crippen LogP) is 2.28. The maximum Gasteiger partial charge on any atom is 0.155 e. The molecule has 26 heavy (non-hydrogen) atoms. The molecule has 0 aliphatic carbocycles. The number of hydrogen-bond acceptors (Lipinski definition) is 6. The Labute approximate surface area is 149 Å². The standard InChI is InChI=1S/C18H19N7O/c1-24(14-4-6-26-7-5-14)17-3-2-16-19-11-15(25(16)23-17)12-8-13-10-21-22-18(13)20-9-12/h2-3,8-11,14H,4-7H2,1H3,(H,20,21,22). The molecule has 0 amide bonds. The van der Waals surface area contributed by atoms with Crippen molar-refractivity contribution in [2.75, 3.05) is 25.2 Å². The van der Waals surface area contributed by atoms with Gasteiger partial charge < -0.3 is 9.64 Å². The summed E-state index contributed by atoms with van der Waals surface area (Å²) in [5, 5.41) is 12.7. The van der Waals surface area contributed by atoms with E-state index in [9.17, 15) is 0 Å². The Kier molecular flexibility index (Phi) is 3.56. The number of nitrogens with one attached hydrogen (secondary N) is 1. The zero-order valence-corrected chi connectivity index (χ0v) is 14.5. The Morgan fingerprint density at radius 1 is 1.15 bits per heavy atom. The smallest absolute Gasteiger partial charge is 0.155 e. The topological polar surface area (TPSA) is 84.2 Å². The molecule has 5 heterocycles. The molecule has 0 radical (unpaired) electrons. The summed E-state index contributed by atoms with van der Waals surface area (Å²) in [5.41, 5.74) is 3.47. The summed E-state index contributed by atoms with van der Waals surface area (Å²) in [6.07, 6.45) is 7.47. The van der Waals surface area contributed by atoms with Crippen LogP contribution in [0.4, 0.5) is 5.82 Å². The molecule has 0 atom stereocenters. The Morgan fingerprint density at radius 2 is 2.04 bits per heavy atom. The fourth-order valence-electron chi connectivity index (χ4n) is 3.48. The first-order chi connectivity index (χ1) is 12.8. The number of H-pyrrole nitrogens is 1. The van der Waals surface area contributed by atoms with Crippen LogP contribution in [-0.2, 0) is 4.74 Å². The second-order valence-electron chi connectivity index (χ2n) is 6.59. The molecule has 132 valence electrons. The molecule has 0 unspecified atom stereocenters. The molecule has 4 aromatic rings. The first-order valence-corrected chi connectivity index (χ1v) is 8.74. The molecule has 4 aromatic heterocycles. The Balaban J connectivity index is 1.56. The molecule has 0 bridgehead atoms. The van der Waals surface area contributed by atoms with Crippen LogP contribution in [0.5, 0.6) is 0 Å². The van der Waals surface area contributed by atoms with Crippen LogP contribution in [0.25, 0.3) is 27.9 Å². The minimum absolute atomic E-state index is 0.449. The zero-order valence-electron chi connectivity index (χ0n) is 14.5. The number of aromatic amines is 1. The molecular formula is C18H19N7O. The van der Waals surface area contributed by atoms with E-state index in [2.05, 4.69) is 32.1 Å². The summed E-state index contributed by atoms with van der Waals surface area (Å²) in [4.78, 5) is 11.1. The fraction of sp³-hybridized carbons (Fsp3) is 0.333. The van der Waals surface area contributed by atoms with Crippen LogP contribution in [0.3, 0.4) is 0 Å². The minimum atomic E-state index is 0.449. The van der Waals surface area contributed by atoms with Crippen LogP contribution in [0.2, 0.25) is 0 Å². The third kappa shape index (κ3) is 2.50. The van der Waals surface area contributed by atoms with Gasteiger partial charge in [0.2, 0.25) is 0 Å². The first-order valence-electron chi connectivity index (χ1n) is 8.74. The molecule has 0 spiro atoms. The van der Waals surface area contributed by atoms with Crippen molar-refractivity contribution in [1.29, 1.82) is 0 Å². The monoisotopic (exact) mass is 349 g/mol. The lowest BCUT2D eigenvalue weighted by Crippen LogP contribution is -2.37. The summed E-state index contributed by atoms with van der Waals surface area (Å²) < 4.78 is 7.36. The van der Waals surface area contributed by atoms with Gasteiger partial charge in [-0.15, -0.1) is 5.10 Å². The van der Waals surface area contributed by atoms with Gasteiger partial charge in [-0.1, -0.05) is 0 Å². The van der Waals surface area contributed by atoms with Gasteiger partial charge in [0.15, 0.2) is 11.3 Å². The molecule has 8 heteroatoms. The second kappa shape index (κ2) is 6.06. The molecular weight excluding hydrogens is 330 g/mol. The molecule has 1 aliphatic heterocycles. The van der Waals surface area contributed by atoms with Gasteiger partial charge in [-0.3, -0.25) is 5.10 Å². The number of pyridine rings is 1. The number of imidazole rings is 1. The van der Waals surface area contributed by atoms with Crippen molar-refractivity contribution in [3.8, 4) is 11.3 Å². The molecule has 1 aliphatic rings. The van der Waals surface area contributed by atoms with Crippen LogP contribution in [0, 0.1) is 0 Å². The van der Waals surface area contributed by atoms with Crippen molar-refractivity contribution in [3.05, 3.63) is 36.8 Å². The lowest BCUT2D eigenvalue weighted by atomic mass is 10.1. The van der Waals surface area contributed by atoms with Gasteiger partial charge in [0.05, 0.1) is 18.1 Å². The number of hydrogen-bond donors (Lipinski definition) is 1. The zero-order chi connectivity index (χ0) is 17.5. The van der Waals surface area contributed by atoms with E-state index in [1.54, 1.807) is 6.20 Å². The number of aromatic nitrogens is 6. The molecule has 0 saturated carbocycles. The number of fused-ring (bicyclic) bond motifs is 2. The average molecular weight is 349 g/mol. The van der Waals surface area contributed by atoms with Crippen LogP contribution in [0.1, 0.15) is 12.8 Å². The summed E-state index contributed by atoms with van der Waals surface area (Å²) in [6, 6.07) is 6.53. The van der Waals surface area contributed by atoms with E-state index in [1.165, 1.54) is 0 Å². The number of ether oxygens (including phenoxy) is 1. The summed E-state index contributed by atoms with van der Waals surface area (Å²) >= 11 is 0. The van der Waals surface area contributed by atoms with Crippen molar-refractivity contribution in [3.63, 3.8) is 0 Å². The number of rotatable bonds is 3.